The lowest BCUT2D eigenvalue weighted by molar-refractivity contribution is -0.178. The van der Waals surface area contributed by atoms with E-state index in [1.165, 1.54) is 44.5 Å². The third-order valence-electron chi connectivity index (χ3n) is 10.7. The fraction of sp³-hybridized carbons (Fsp3) is 0.268. The molecule has 44 heavy (non-hydrogen) atoms. The molecule has 217 valence electrons. The molecule has 0 aromatic heterocycles. The molecule has 1 heterocycles. The van der Waals surface area contributed by atoms with Gasteiger partial charge in [-0.05, 0) is 89.8 Å². The lowest BCUT2D eigenvalue weighted by Crippen LogP contribution is -2.55. The van der Waals surface area contributed by atoms with E-state index in [2.05, 4.69) is 149 Å². The highest BCUT2D eigenvalue weighted by Crippen LogP contribution is 2.62. The van der Waals surface area contributed by atoms with Gasteiger partial charge in [-0.25, -0.2) is 0 Å². The van der Waals surface area contributed by atoms with Gasteiger partial charge in [-0.1, -0.05) is 121 Å². The number of hydrogen-bond donors (Lipinski definition) is 0. The molecule has 1 saturated heterocycles. The number of hydrogen-bond acceptors (Lipinski definition) is 2. The first-order valence-electron chi connectivity index (χ1n) is 16.0. The van der Waals surface area contributed by atoms with Crippen LogP contribution in [0.1, 0.15) is 96.8 Å². The van der Waals surface area contributed by atoms with Crippen molar-refractivity contribution in [3.8, 4) is 0 Å². The van der Waals surface area contributed by atoms with Crippen molar-refractivity contribution < 1.29 is 9.39 Å². The highest BCUT2D eigenvalue weighted by Gasteiger charge is 2.47. The molecule has 4 aromatic carbocycles. The van der Waals surface area contributed by atoms with E-state index < -0.39 is 5.60 Å². The summed E-state index contributed by atoms with van der Waals surface area (Å²) in [5.41, 5.74) is 12.9. The molecule has 4 aromatic rings. The van der Waals surface area contributed by atoms with Crippen molar-refractivity contribution in [3.63, 3.8) is 0 Å². The molecule has 2 nitrogen and oxygen atoms in total. The number of ether oxygens (including phenoxy) is 1. The summed E-state index contributed by atoms with van der Waals surface area (Å²) in [5.74, 6) is 0.939. The predicted octanol–water partition coefficient (Wildman–Crippen LogP) is 9.84. The molecule has 1 aliphatic heterocycles. The molecular formula is C41H38BO2. The summed E-state index contributed by atoms with van der Waals surface area (Å²) < 4.78 is 12.7. The average Bonchev–Trinajstić information content (AvgIpc) is 3.38. The Bertz CT molecular complexity index is 1810. The molecule has 4 unspecified atom stereocenters. The van der Waals surface area contributed by atoms with Crippen molar-refractivity contribution >= 4 is 24.7 Å². The van der Waals surface area contributed by atoms with E-state index in [1.807, 2.05) is 7.48 Å². The molecule has 0 amide bonds. The minimum Gasteiger partial charge on any atom is -0.429 e. The molecule has 0 bridgehead atoms. The van der Waals surface area contributed by atoms with Gasteiger partial charge < -0.3 is 9.39 Å². The summed E-state index contributed by atoms with van der Waals surface area (Å²) in [7, 11) is 1.86. The first kappa shape index (κ1) is 27.6. The Morgan fingerprint density at radius 1 is 0.705 bits per heavy atom. The van der Waals surface area contributed by atoms with Gasteiger partial charge >= 0.3 is 7.48 Å². The first-order valence-corrected chi connectivity index (χ1v) is 16.0. The van der Waals surface area contributed by atoms with Gasteiger partial charge in [-0.3, -0.25) is 0 Å². The second-order valence-corrected chi connectivity index (χ2v) is 13.7. The molecule has 1 fully saturated rings. The van der Waals surface area contributed by atoms with Crippen LogP contribution in [0.5, 0.6) is 0 Å². The van der Waals surface area contributed by atoms with Crippen LogP contribution in [-0.4, -0.2) is 18.7 Å². The van der Waals surface area contributed by atoms with Crippen LogP contribution in [0.15, 0.2) is 121 Å². The summed E-state index contributed by atoms with van der Waals surface area (Å²) >= 11 is 0. The quantitative estimate of drug-likeness (QED) is 0.226. The average molecular weight is 574 g/mol. The van der Waals surface area contributed by atoms with Crippen molar-refractivity contribution in [1.82, 2.24) is 0 Å². The van der Waals surface area contributed by atoms with E-state index in [4.69, 9.17) is 9.39 Å². The van der Waals surface area contributed by atoms with Gasteiger partial charge in [0.15, 0.2) is 0 Å². The van der Waals surface area contributed by atoms with E-state index in [0.29, 0.717) is 11.8 Å². The Kier molecular flexibility index (Phi) is 6.48. The number of allylic oxidation sites excluding steroid dienone is 5. The summed E-state index contributed by atoms with van der Waals surface area (Å²) in [6.45, 7) is 8.38. The van der Waals surface area contributed by atoms with Crippen LogP contribution in [0.2, 0.25) is 0 Å². The maximum Gasteiger partial charge on any atom is 0.330 e. The molecule has 1 radical (unpaired) electrons. The Balaban J connectivity index is 1.29. The van der Waals surface area contributed by atoms with Gasteiger partial charge in [-0.2, -0.15) is 0 Å². The van der Waals surface area contributed by atoms with E-state index in [9.17, 15) is 0 Å². The topological polar surface area (TPSA) is 18.5 Å². The van der Waals surface area contributed by atoms with Crippen molar-refractivity contribution in [2.45, 2.75) is 69.1 Å². The second-order valence-electron chi connectivity index (χ2n) is 13.7. The third kappa shape index (κ3) is 4.32. The van der Waals surface area contributed by atoms with Crippen LogP contribution in [0.4, 0.5) is 0 Å². The minimum atomic E-state index is -0.412. The fourth-order valence-corrected chi connectivity index (χ4v) is 7.76. The standard InChI is InChI=1S/C41H38BO2/c1-40(2)41(3,4)44-42-39(43-40)30-23-21-27(22-24-30)33-25-34(26-13-7-5-8-14-26)37-31-19-11-17-28-18-12-20-32(35(28)31)38(37)36(33)29-15-9-6-10-16-29/h5-19,21-25,32,34,37,39H,20H2,1-4H3. The second kappa shape index (κ2) is 10.3. The van der Waals surface area contributed by atoms with E-state index >= 15 is 0 Å². The summed E-state index contributed by atoms with van der Waals surface area (Å²) in [6.07, 6.45) is 8.31. The summed E-state index contributed by atoms with van der Waals surface area (Å²) in [4.78, 5) is 0. The monoisotopic (exact) mass is 573 g/mol. The van der Waals surface area contributed by atoms with Gasteiger partial charge in [0, 0.05) is 17.8 Å². The highest BCUT2D eigenvalue weighted by molar-refractivity contribution is 6.29. The minimum absolute atomic E-state index is 0.211. The SMILES string of the molecule is CC1(C)O[B]C(c2ccc(C3=CC(c4ccccc4)C4C(=C3c3ccccc3)C3CC=Cc5cccc4c53)cc2)OC1(C)C. The highest BCUT2D eigenvalue weighted by atomic mass is 16.6. The van der Waals surface area contributed by atoms with Crippen molar-refractivity contribution in [2.75, 3.05) is 0 Å². The molecular weight excluding hydrogens is 535 g/mol. The van der Waals surface area contributed by atoms with Gasteiger partial charge in [0.25, 0.3) is 0 Å². The summed E-state index contributed by atoms with van der Waals surface area (Å²) in [5, 5.41) is 0. The molecule has 0 N–H and O–H groups in total. The Hall–Kier alpha value is -3.92. The van der Waals surface area contributed by atoms with Crippen LogP contribution in [0, 0.1) is 0 Å². The number of benzene rings is 4. The molecule has 4 atom stereocenters. The molecule has 3 aliphatic carbocycles. The van der Waals surface area contributed by atoms with Crippen LogP contribution >= 0.6 is 0 Å². The molecule has 8 rings (SSSR count). The van der Waals surface area contributed by atoms with Gasteiger partial charge in [-0.15, -0.1) is 0 Å². The van der Waals surface area contributed by atoms with Crippen LogP contribution in [0.25, 0.3) is 17.2 Å². The smallest absolute Gasteiger partial charge is 0.330 e. The largest absolute Gasteiger partial charge is 0.429 e. The van der Waals surface area contributed by atoms with Crippen molar-refractivity contribution in [1.29, 1.82) is 0 Å². The van der Waals surface area contributed by atoms with E-state index in [0.717, 1.165) is 12.0 Å². The van der Waals surface area contributed by atoms with Crippen molar-refractivity contribution in [2.24, 2.45) is 0 Å². The third-order valence-corrected chi connectivity index (χ3v) is 10.7. The Labute approximate surface area is 262 Å². The van der Waals surface area contributed by atoms with Crippen LogP contribution in [0.3, 0.4) is 0 Å². The predicted molar refractivity (Wildman–Crippen MR) is 181 cm³/mol. The number of fused-ring (bicyclic) bond motifs is 3. The lowest BCUT2D eigenvalue weighted by atomic mass is 9.68. The molecule has 3 heteroatoms. The lowest BCUT2D eigenvalue weighted by Gasteiger charge is -2.48. The summed E-state index contributed by atoms with van der Waals surface area (Å²) in [6, 6.07) is 37.9. The maximum atomic E-state index is 6.55. The molecule has 0 spiro atoms. The molecule has 0 saturated carbocycles. The zero-order valence-corrected chi connectivity index (χ0v) is 26.0. The molecule has 4 aliphatic rings. The normalized spacial score (nSPS) is 26.0. The zero-order valence-electron chi connectivity index (χ0n) is 26.0. The van der Waals surface area contributed by atoms with Gasteiger partial charge in [0.1, 0.15) is 0 Å². The number of rotatable bonds is 4. The Morgan fingerprint density at radius 2 is 1.43 bits per heavy atom. The van der Waals surface area contributed by atoms with E-state index in [1.54, 1.807) is 5.57 Å². The van der Waals surface area contributed by atoms with Crippen LogP contribution in [-0.2, 0) is 9.39 Å². The van der Waals surface area contributed by atoms with Crippen LogP contribution < -0.4 is 0 Å². The first-order chi connectivity index (χ1) is 21.3. The van der Waals surface area contributed by atoms with Gasteiger partial charge in [0.05, 0.1) is 17.2 Å². The maximum absolute atomic E-state index is 6.55. The zero-order chi connectivity index (χ0) is 30.1. The fourth-order valence-electron chi connectivity index (χ4n) is 7.76. The van der Waals surface area contributed by atoms with Gasteiger partial charge in [0.2, 0.25) is 0 Å². The van der Waals surface area contributed by atoms with Crippen molar-refractivity contribution in [3.05, 3.63) is 160 Å². The Morgan fingerprint density at radius 3 is 2.16 bits per heavy atom. The van der Waals surface area contributed by atoms with E-state index in [-0.39, 0.29) is 17.5 Å².